The fourth-order valence-corrected chi connectivity index (χ4v) is 4.70. The highest BCUT2D eigenvalue weighted by Crippen LogP contribution is 2.49. The molecule has 2 aromatic carbocycles. The molecule has 2 fully saturated rings. The van der Waals surface area contributed by atoms with Crippen molar-refractivity contribution in [2.24, 2.45) is 5.92 Å². The molecule has 1 heterocycles. The molecule has 2 aromatic rings. The number of rotatable bonds is 5. The van der Waals surface area contributed by atoms with E-state index >= 15 is 0 Å². The second-order valence-electron chi connectivity index (χ2n) is 9.17. The monoisotopic (exact) mass is 447 g/mol. The molecule has 0 bridgehead atoms. The van der Waals surface area contributed by atoms with E-state index < -0.39 is 5.41 Å². The van der Waals surface area contributed by atoms with Gasteiger partial charge in [-0.25, -0.2) is 0 Å². The maximum atomic E-state index is 13.5. The van der Waals surface area contributed by atoms with Crippen molar-refractivity contribution < 1.29 is 14.4 Å². The van der Waals surface area contributed by atoms with Crippen LogP contribution in [0.2, 0.25) is 0 Å². The van der Waals surface area contributed by atoms with E-state index in [2.05, 4.69) is 10.6 Å². The van der Waals surface area contributed by atoms with Crippen molar-refractivity contribution in [3.63, 3.8) is 0 Å². The lowest BCUT2D eigenvalue weighted by atomic mass is 9.93. The number of hydrogen-bond donors (Lipinski definition) is 2. The van der Waals surface area contributed by atoms with Gasteiger partial charge in [0.1, 0.15) is 0 Å². The van der Waals surface area contributed by atoms with Gasteiger partial charge in [0.2, 0.25) is 17.7 Å². The zero-order chi connectivity index (χ0) is 23.1. The minimum absolute atomic E-state index is 0.00757. The Kier molecular flexibility index (Phi) is 7.43. The minimum atomic E-state index is -0.440. The SMILES string of the molecule is O=C1CCN(C(=O)C2(c3ccccc3)CC2)CCCC(C(=O)NCc2ccccc2)CCN1. The Labute approximate surface area is 195 Å². The predicted octanol–water partition coefficient (Wildman–Crippen LogP) is 3.17. The lowest BCUT2D eigenvalue weighted by Gasteiger charge is -2.28. The van der Waals surface area contributed by atoms with Crippen molar-refractivity contribution >= 4 is 17.7 Å². The van der Waals surface area contributed by atoms with E-state index in [9.17, 15) is 14.4 Å². The van der Waals surface area contributed by atoms with Crippen LogP contribution in [0.25, 0.3) is 0 Å². The first-order valence-corrected chi connectivity index (χ1v) is 12.0. The summed E-state index contributed by atoms with van der Waals surface area (Å²) in [6.45, 7) is 1.96. The molecular formula is C27H33N3O3. The average Bonchev–Trinajstić information content (AvgIpc) is 3.66. The molecule has 174 valence electrons. The van der Waals surface area contributed by atoms with Crippen LogP contribution in [0.1, 0.15) is 49.7 Å². The molecule has 1 unspecified atom stereocenters. The molecule has 6 nitrogen and oxygen atoms in total. The number of nitrogens with one attached hydrogen (secondary N) is 2. The van der Waals surface area contributed by atoms with Crippen LogP contribution in [0.4, 0.5) is 0 Å². The molecule has 1 aliphatic carbocycles. The maximum Gasteiger partial charge on any atom is 0.233 e. The van der Waals surface area contributed by atoms with Crippen molar-refractivity contribution in [3.8, 4) is 0 Å². The molecule has 4 rings (SSSR count). The van der Waals surface area contributed by atoms with Crippen molar-refractivity contribution in [2.75, 3.05) is 19.6 Å². The largest absolute Gasteiger partial charge is 0.356 e. The van der Waals surface area contributed by atoms with Crippen LogP contribution in [0.15, 0.2) is 60.7 Å². The fourth-order valence-electron chi connectivity index (χ4n) is 4.70. The molecule has 1 saturated heterocycles. The Balaban J connectivity index is 1.39. The summed E-state index contributed by atoms with van der Waals surface area (Å²) in [7, 11) is 0. The van der Waals surface area contributed by atoms with Gasteiger partial charge in [0, 0.05) is 38.5 Å². The van der Waals surface area contributed by atoms with Gasteiger partial charge >= 0.3 is 0 Å². The second kappa shape index (κ2) is 10.6. The van der Waals surface area contributed by atoms with E-state index in [1.165, 1.54) is 0 Å². The van der Waals surface area contributed by atoms with E-state index in [1.807, 2.05) is 65.6 Å². The maximum absolute atomic E-state index is 13.5. The number of nitrogens with zero attached hydrogens (tertiary/aromatic N) is 1. The fraction of sp³-hybridized carbons (Fsp3) is 0.444. The Bertz CT molecular complexity index is 957. The van der Waals surface area contributed by atoms with Crippen molar-refractivity contribution in [3.05, 3.63) is 71.8 Å². The highest BCUT2D eigenvalue weighted by atomic mass is 16.2. The number of carbonyl (C=O) groups excluding carboxylic acids is 3. The molecule has 1 saturated carbocycles. The molecular weight excluding hydrogens is 414 g/mol. The quantitative estimate of drug-likeness (QED) is 0.739. The van der Waals surface area contributed by atoms with Crippen molar-refractivity contribution in [1.29, 1.82) is 0 Å². The van der Waals surface area contributed by atoms with Crippen LogP contribution >= 0.6 is 0 Å². The molecule has 33 heavy (non-hydrogen) atoms. The van der Waals surface area contributed by atoms with Gasteiger partial charge in [-0.1, -0.05) is 60.7 Å². The first kappa shape index (κ1) is 23.0. The van der Waals surface area contributed by atoms with Crippen LogP contribution in [0.3, 0.4) is 0 Å². The van der Waals surface area contributed by atoms with Gasteiger partial charge in [0.25, 0.3) is 0 Å². The van der Waals surface area contributed by atoms with Crippen LogP contribution in [0, 0.1) is 5.92 Å². The number of hydrogen-bond acceptors (Lipinski definition) is 3. The van der Waals surface area contributed by atoms with Crippen LogP contribution in [-0.4, -0.2) is 42.3 Å². The Morgan fingerprint density at radius 2 is 1.67 bits per heavy atom. The van der Waals surface area contributed by atoms with Crippen molar-refractivity contribution in [1.82, 2.24) is 15.5 Å². The number of benzene rings is 2. The van der Waals surface area contributed by atoms with Crippen LogP contribution in [-0.2, 0) is 26.3 Å². The molecule has 0 radical (unpaired) electrons. The van der Waals surface area contributed by atoms with E-state index in [0.717, 1.165) is 30.4 Å². The summed E-state index contributed by atoms with van der Waals surface area (Å²) < 4.78 is 0. The van der Waals surface area contributed by atoms with E-state index in [4.69, 9.17) is 0 Å². The standard InChI is InChI=1S/C27H33N3O3/c31-24-14-19-30(26(33)27(15-16-27)23-11-5-2-6-12-23)18-7-10-22(13-17-28-24)25(32)29-20-21-8-3-1-4-9-21/h1-6,8-9,11-12,22H,7,10,13-20H2,(H,28,31)(H,29,32). The highest BCUT2D eigenvalue weighted by Gasteiger charge is 2.52. The zero-order valence-corrected chi connectivity index (χ0v) is 19.1. The summed E-state index contributed by atoms with van der Waals surface area (Å²) in [5.74, 6) is -0.130. The molecule has 0 spiro atoms. The van der Waals surface area contributed by atoms with Crippen LogP contribution in [0.5, 0.6) is 0 Å². The van der Waals surface area contributed by atoms with Gasteiger partial charge in [-0.2, -0.15) is 0 Å². The first-order chi connectivity index (χ1) is 16.1. The summed E-state index contributed by atoms with van der Waals surface area (Å²) >= 11 is 0. The van der Waals surface area contributed by atoms with Gasteiger partial charge in [-0.05, 0) is 43.2 Å². The number of carbonyl (C=O) groups is 3. The molecule has 3 amide bonds. The van der Waals surface area contributed by atoms with E-state index in [0.29, 0.717) is 45.4 Å². The summed E-state index contributed by atoms with van der Waals surface area (Å²) in [6.07, 6.45) is 4.04. The minimum Gasteiger partial charge on any atom is -0.356 e. The van der Waals surface area contributed by atoms with E-state index in [1.54, 1.807) is 0 Å². The Hall–Kier alpha value is -3.15. The van der Waals surface area contributed by atoms with Gasteiger partial charge in [-0.15, -0.1) is 0 Å². The Morgan fingerprint density at radius 3 is 2.36 bits per heavy atom. The van der Waals surface area contributed by atoms with Crippen LogP contribution < -0.4 is 10.6 Å². The summed E-state index contributed by atoms with van der Waals surface area (Å²) in [5, 5.41) is 5.96. The third-order valence-corrected chi connectivity index (χ3v) is 6.86. The third-order valence-electron chi connectivity index (χ3n) is 6.86. The van der Waals surface area contributed by atoms with Crippen molar-refractivity contribution in [2.45, 2.75) is 50.5 Å². The second-order valence-corrected chi connectivity index (χ2v) is 9.17. The molecule has 1 atom stereocenters. The van der Waals surface area contributed by atoms with Gasteiger partial charge in [-0.3, -0.25) is 14.4 Å². The lowest BCUT2D eigenvalue weighted by Crippen LogP contribution is -2.42. The van der Waals surface area contributed by atoms with Gasteiger partial charge < -0.3 is 15.5 Å². The topological polar surface area (TPSA) is 78.5 Å². The van der Waals surface area contributed by atoms with Gasteiger partial charge in [0.05, 0.1) is 5.41 Å². The third kappa shape index (κ3) is 5.81. The summed E-state index contributed by atoms with van der Waals surface area (Å²) in [5.41, 5.74) is 1.68. The smallest absolute Gasteiger partial charge is 0.233 e. The summed E-state index contributed by atoms with van der Waals surface area (Å²) in [4.78, 5) is 40.6. The molecule has 6 heteroatoms. The summed E-state index contributed by atoms with van der Waals surface area (Å²) in [6, 6.07) is 19.8. The molecule has 1 aliphatic heterocycles. The predicted molar refractivity (Wildman–Crippen MR) is 127 cm³/mol. The van der Waals surface area contributed by atoms with E-state index in [-0.39, 0.29) is 23.6 Å². The lowest BCUT2D eigenvalue weighted by molar-refractivity contribution is -0.134. The first-order valence-electron chi connectivity index (χ1n) is 12.0. The van der Waals surface area contributed by atoms with Gasteiger partial charge in [0.15, 0.2) is 0 Å². The molecule has 0 aromatic heterocycles. The number of amides is 3. The highest BCUT2D eigenvalue weighted by molar-refractivity contribution is 5.91. The zero-order valence-electron chi connectivity index (χ0n) is 19.1. The normalized spacial score (nSPS) is 20.8. The molecule has 2 N–H and O–H groups in total. The molecule has 2 aliphatic rings. The Morgan fingerprint density at radius 1 is 0.970 bits per heavy atom. The average molecular weight is 448 g/mol.